The zero-order valence-electron chi connectivity index (χ0n) is 14.3. The molecule has 1 N–H and O–H groups in total. The Hall–Kier alpha value is -0.650. The number of likely N-dealkylation sites (N-methyl/N-ethyl adjacent to an activating group) is 1. The predicted octanol–water partition coefficient (Wildman–Crippen LogP) is 1.66. The molecule has 0 aromatic heterocycles. The molecule has 0 aromatic carbocycles. The number of methoxy groups -OCH3 is 2. The lowest BCUT2D eigenvalue weighted by molar-refractivity contribution is -0.149. The summed E-state index contributed by atoms with van der Waals surface area (Å²) in [7, 11) is 5.19. The van der Waals surface area contributed by atoms with Crippen LogP contribution < -0.4 is 5.32 Å². The maximum Gasteiger partial charge on any atom is 0.325 e. The predicted molar refractivity (Wildman–Crippen MR) is 81.9 cm³/mol. The second-order valence-corrected chi connectivity index (χ2v) is 6.15. The molecular formula is C15H32N2O3. The molecule has 0 saturated heterocycles. The van der Waals surface area contributed by atoms with Crippen molar-refractivity contribution in [2.75, 3.05) is 27.9 Å². The van der Waals surface area contributed by atoms with Crippen LogP contribution in [0.25, 0.3) is 0 Å². The maximum atomic E-state index is 12.1. The van der Waals surface area contributed by atoms with Crippen LogP contribution in [-0.4, -0.2) is 62.4 Å². The number of nitrogens with one attached hydrogen (secondary N) is 1. The Labute approximate surface area is 124 Å². The average molecular weight is 288 g/mol. The van der Waals surface area contributed by atoms with Crippen LogP contribution >= 0.6 is 0 Å². The van der Waals surface area contributed by atoms with Crippen molar-refractivity contribution >= 4 is 5.97 Å². The molecule has 0 amide bonds. The third-order valence-corrected chi connectivity index (χ3v) is 3.75. The highest BCUT2D eigenvalue weighted by Gasteiger charge is 2.37. The first-order chi connectivity index (χ1) is 9.17. The van der Waals surface area contributed by atoms with Gasteiger partial charge < -0.3 is 9.47 Å². The zero-order chi connectivity index (χ0) is 15.9. The van der Waals surface area contributed by atoms with Crippen molar-refractivity contribution in [3.63, 3.8) is 0 Å². The Morgan fingerprint density at radius 3 is 2.15 bits per heavy atom. The highest BCUT2D eigenvalue weighted by molar-refractivity contribution is 5.80. The van der Waals surface area contributed by atoms with Gasteiger partial charge in [-0.15, -0.1) is 0 Å². The van der Waals surface area contributed by atoms with Crippen molar-refractivity contribution in [2.45, 2.75) is 64.7 Å². The number of ether oxygens (including phenoxy) is 2. The van der Waals surface area contributed by atoms with E-state index in [9.17, 15) is 4.79 Å². The second-order valence-electron chi connectivity index (χ2n) is 6.15. The third-order valence-electron chi connectivity index (χ3n) is 3.75. The lowest BCUT2D eigenvalue weighted by Gasteiger charge is -2.37. The molecule has 0 rings (SSSR count). The first-order valence-electron chi connectivity index (χ1n) is 7.25. The van der Waals surface area contributed by atoms with Gasteiger partial charge in [-0.05, 0) is 48.1 Å². The number of hydrogen-bond acceptors (Lipinski definition) is 5. The third kappa shape index (κ3) is 5.77. The van der Waals surface area contributed by atoms with Gasteiger partial charge in [0, 0.05) is 25.2 Å². The molecule has 120 valence electrons. The molecule has 0 fully saturated rings. The fraction of sp³-hybridized carbons (Fsp3) is 0.933. The van der Waals surface area contributed by atoms with Crippen molar-refractivity contribution in [3.8, 4) is 0 Å². The molecule has 20 heavy (non-hydrogen) atoms. The van der Waals surface area contributed by atoms with Crippen LogP contribution in [0.15, 0.2) is 0 Å². The van der Waals surface area contributed by atoms with Gasteiger partial charge >= 0.3 is 5.97 Å². The summed E-state index contributed by atoms with van der Waals surface area (Å²) in [4.78, 5) is 14.3. The number of rotatable bonds is 9. The molecule has 0 heterocycles. The molecule has 0 saturated carbocycles. The van der Waals surface area contributed by atoms with Crippen LogP contribution in [0.2, 0.25) is 0 Å². The molecule has 0 aliphatic rings. The van der Waals surface area contributed by atoms with E-state index in [-0.39, 0.29) is 18.1 Å². The Morgan fingerprint density at radius 1 is 1.20 bits per heavy atom. The second kappa shape index (κ2) is 8.60. The molecule has 0 aromatic rings. The quantitative estimate of drug-likeness (QED) is 0.654. The van der Waals surface area contributed by atoms with Crippen molar-refractivity contribution in [3.05, 3.63) is 0 Å². The number of carbonyl (C=O) groups excluding carboxylic acids is 1. The Morgan fingerprint density at radius 2 is 1.75 bits per heavy atom. The van der Waals surface area contributed by atoms with Crippen molar-refractivity contribution in [1.82, 2.24) is 10.2 Å². The van der Waals surface area contributed by atoms with E-state index in [0.29, 0.717) is 19.1 Å². The summed E-state index contributed by atoms with van der Waals surface area (Å²) in [5.41, 5.74) is -0.677. The molecule has 0 radical (unpaired) electrons. The van der Waals surface area contributed by atoms with E-state index in [4.69, 9.17) is 9.47 Å². The molecule has 0 spiro atoms. The van der Waals surface area contributed by atoms with E-state index in [2.05, 4.69) is 31.1 Å². The van der Waals surface area contributed by atoms with Crippen LogP contribution in [0.3, 0.4) is 0 Å². The zero-order valence-corrected chi connectivity index (χ0v) is 14.3. The SMILES string of the molecule is COCC(C)N(C)C(C)CC(C)(NC(C)C)C(=O)OC. The topological polar surface area (TPSA) is 50.8 Å². The van der Waals surface area contributed by atoms with Crippen LogP contribution in [0, 0.1) is 0 Å². The van der Waals surface area contributed by atoms with Gasteiger partial charge in [-0.25, -0.2) is 0 Å². The summed E-state index contributed by atoms with van der Waals surface area (Å²) in [6.07, 6.45) is 0.683. The molecule has 5 heteroatoms. The Bertz CT molecular complexity index is 297. The molecular weight excluding hydrogens is 256 g/mol. The number of hydrogen-bond donors (Lipinski definition) is 1. The van der Waals surface area contributed by atoms with Gasteiger partial charge in [0.25, 0.3) is 0 Å². The van der Waals surface area contributed by atoms with Crippen LogP contribution in [0.5, 0.6) is 0 Å². The summed E-state index contributed by atoms with van der Waals surface area (Å²) < 4.78 is 10.1. The van der Waals surface area contributed by atoms with E-state index >= 15 is 0 Å². The summed E-state index contributed by atoms with van der Waals surface area (Å²) in [6, 6.07) is 0.749. The average Bonchev–Trinajstić information content (AvgIpc) is 2.35. The largest absolute Gasteiger partial charge is 0.468 e. The van der Waals surface area contributed by atoms with E-state index in [1.54, 1.807) is 7.11 Å². The monoisotopic (exact) mass is 288 g/mol. The fourth-order valence-corrected chi connectivity index (χ4v) is 2.59. The van der Waals surface area contributed by atoms with E-state index in [1.165, 1.54) is 7.11 Å². The van der Waals surface area contributed by atoms with Crippen LogP contribution in [-0.2, 0) is 14.3 Å². The van der Waals surface area contributed by atoms with Gasteiger partial charge in [-0.2, -0.15) is 0 Å². The minimum Gasteiger partial charge on any atom is -0.468 e. The van der Waals surface area contributed by atoms with Gasteiger partial charge in [0.2, 0.25) is 0 Å². The Balaban J connectivity index is 4.84. The first-order valence-corrected chi connectivity index (χ1v) is 7.25. The summed E-state index contributed by atoms with van der Waals surface area (Å²) in [5.74, 6) is -0.217. The number of carbonyl (C=O) groups is 1. The normalized spacial score (nSPS) is 17.9. The van der Waals surface area contributed by atoms with Crippen molar-refractivity contribution in [1.29, 1.82) is 0 Å². The van der Waals surface area contributed by atoms with Crippen molar-refractivity contribution < 1.29 is 14.3 Å². The van der Waals surface area contributed by atoms with E-state index in [1.807, 2.05) is 20.8 Å². The Kier molecular flexibility index (Phi) is 8.32. The molecule has 3 unspecified atom stereocenters. The maximum absolute atomic E-state index is 12.1. The molecule has 5 nitrogen and oxygen atoms in total. The van der Waals surface area contributed by atoms with Gasteiger partial charge in [0.15, 0.2) is 0 Å². The van der Waals surface area contributed by atoms with Crippen LogP contribution in [0.4, 0.5) is 0 Å². The van der Waals surface area contributed by atoms with Gasteiger partial charge in [0.05, 0.1) is 13.7 Å². The molecule has 3 atom stereocenters. The standard InChI is InChI=1S/C15H32N2O3/c1-11(2)16-15(5,14(18)20-8)9-12(3)17(6)13(4)10-19-7/h11-13,16H,9-10H2,1-8H3. The highest BCUT2D eigenvalue weighted by atomic mass is 16.5. The first kappa shape index (κ1) is 19.4. The van der Waals surface area contributed by atoms with Crippen LogP contribution in [0.1, 0.15) is 41.0 Å². The summed E-state index contributed by atoms with van der Waals surface area (Å²) in [5, 5.41) is 3.33. The highest BCUT2D eigenvalue weighted by Crippen LogP contribution is 2.19. The molecule has 0 aliphatic heterocycles. The van der Waals surface area contributed by atoms with Gasteiger partial charge in [-0.3, -0.25) is 15.0 Å². The number of esters is 1. The summed E-state index contributed by atoms with van der Waals surface area (Å²) in [6.45, 7) is 10.9. The molecule has 0 bridgehead atoms. The van der Waals surface area contributed by atoms with Gasteiger partial charge in [0.1, 0.15) is 5.54 Å². The summed E-state index contributed by atoms with van der Waals surface area (Å²) >= 11 is 0. The van der Waals surface area contributed by atoms with Gasteiger partial charge in [-0.1, -0.05) is 0 Å². The fourth-order valence-electron chi connectivity index (χ4n) is 2.59. The molecule has 0 aliphatic carbocycles. The number of nitrogens with zero attached hydrogens (tertiary/aromatic N) is 1. The smallest absolute Gasteiger partial charge is 0.325 e. The van der Waals surface area contributed by atoms with Crippen molar-refractivity contribution in [2.24, 2.45) is 0 Å². The van der Waals surface area contributed by atoms with E-state index in [0.717, 1.165) is 0 Å². The minimum absolute atomic E-state index is 0.216. The minimum atomic E-state index is -0.677. The van der Waals surface area contributed by atoms with E-state index < -0.39 is 5.54 Å². The lowest BCUT2D eigenvalue weighted by Crippen LogP contribution is -2.56. The lowest BCUT2D eigenvalue weighted by atomic mass is 9.91.